The third-order valence-electron chi connectivity index (χ3n) is 11.3. The summed E-state index contributed by atoms with van der Waals surface area (Å²) in [5, 5.41) is 18.6. The van der Waals surface area contributed by atoms with E-state index in [0.29, 0.717) is 37.5 Å². The first kappa shape index (κ1) is 51.2. The van der Waals surface area contributed by atoms with Crippen molar-refractivity contribution in [3.63, 3.8) is 0 Å². The van der Waals surface area contributed by atoms with Crippen LogP contribution in [0.2, 0.25) is 0 Å². The number of benzene rings is 5. The maximum atomic E-state index is 15.2. The molecule has 1 fully saturated rings. The molecule has 0 aromatic heterocycles. The number of methoxy groups -OCH3 is 3. The van der Waals surface area contributed by atoms with Gasteiger partial charge in [-0.25, -0.2) is 28.6 Å². The fourth-order valence-electron chi connectivity index (χ4n) is 7.55. The van der Waals surface area contributed by atoms with Gasteiger partial charge in [0.25, 0.3) is 0 Å². The summed E-state index contributed by atoms with van der Waals surface area (Å²) in [4.78, 5) is 70.2. The van der Waals surface area contributed by atoms with Crippen LogP contribution in [-0.2, 0) is 34.8 Å². The van der Waals surface area contributed by atoms with Crippen molar-refractivity contribution in [3.8, 4) is 11.5 Å². The molecule has 0 saturated carbocycles. The number of rotatable bonds is 13. The molecule has 2 N–H and O–H groups in total. The van der Waals surface area contributed by atoms with Crippen molar-refractivity contribution >= 4 is 52.9 Å². The van der Waals surface area contributed by atoms with E-state index >= 15 is 4.39 Å². The van der Waals surface area contributed by atoms with Crippen molar-refractivity contribution in [2.75, 3.05) is 57.3 Å². The maximum Gasteiger partial charge on any atom is 0.416 e. The molecule has 5 aromatic carbocycles. The Balaban J connectivity index is 0.000000250. The molecule has 2 heterocycles. The number of alkyl halides is 3. The van der Waals surface area contributed by atoms with Crippen LogP contribution in [0.1, 0.15) is 55.4 Å². The third-order valence-corrected chi connectivity index (χ3v) is 11.3. The Labute approximate surface area is 399 Å². The number of aryl methyl sites for hydroxylation is 2. The monoisotopic (exact) mass is 972 g/mol. The van der Waals surface area contributed by atoms with Crippen molar-refractivity contribution in [2.24, 2.45) is 4.99 Å². The molecule has 0 amide bonds. The molecular weight excluding hydrogens is 925 g/mol. The van der Waals surface area contributed by atoms with Gasteiger partial charge in [-0.15, -0.1) is 0 Å². The summed E-state index contributed by atoms with van der Waals surface area (Å²) in [6.07, 6.45) is -9.35. The number of piperazine rings is 1. The molecule has 16 nitrogen and oxygen atoms in total. The molecule has 7 rings (SSSR count). The average molecular weight is 973 g/mol. The number of esters is 3. The van der Waals surface area contributed by atoms with E-state index in [-0.39, 0.29) is 40.6 Å². The van der Waals surface area contributed by atoms with Gasteiger partial charge in [0.1, 0.15) is 23.0 Å². The normalized spacial score (nSPS) is 15.2. The Morgan fingerprint density at radius 1 is 0.700 bits per heavy atom. The Hall–Kier alpha value is -8.16. The topological polar surface area (TPSA) is 194 Å². The van der Waals surface area contributed by atoms with Gasteiger partial charge in [0.15, 0.2) is 0 Å². The number of para-hydroxylation sites is 1. The number of hydrogen-bond acceptors (Lipinski definition) is 14. The molecule has 70 heavy (non-hydrogen) atoms. The van der Waals surface area contributed by atoms with Crippen LogP contribution >= 0.6 is 0 Å². The molecule has 2 aliphatic heterocycles. The van der Waals surface area contributed by atoms with E-state index < -0.39 is 65.7 Å². The Bertz CT molecular complexity index is 2670. The molecule has 20 heteroatoms. The number of ether oxygens (including phenoxy) is 5. The minimum absolute atomic E-state index is 0.0267. The molecule has 3 atom stereocenters. The number of carboxylic acids is 2. The summed E-state index contributed by atoms with van der Waals surface area (Å²) in [7, 11) is 4.17. The first-order valence-corrected chi connectivity index (χ1v) is 21.5. The Morgan fingerprint density at radius 3 is 1.74 bits per heavy atom. The van der Waals surface area contributed by atoms with Gasteiger partial charge in [-0.1, -0.05) is 53.6 Å². The summed E-state index contributed by atoms with van der Waals surface area (Å²) >= 11 is 0. The molecule has 0 spiro atoms. The third kappa shape index (κ3) is 12.1. The van der Waals surface area contributed by atoms with Crippen molar-refractivity contribution in [1.29, 1.82) is 0 Å². The van der Waals surface area contributed by atoms with E-state index in [1.807, 2.05) is 29.2 Å². The summed E-state index contributed by atoms with van der Waals surface area (Å²) in [5.74, 6) is -5.78. The lowest BCUT2D eigenvalue weighted by Gasteiger charge is -2.45. The standard InChI is InChI=1S/C30H30F4N4O4.C20H18O8/c1-40-21-7-4-6-20(17-21)36-12-14-37(15-13-36)29-35-28-22(8-5-9-23(28)31)24(18-27(39)42-3)38(29)25-16-19(30(32,33)34)10-11-26(25)41-2;1-11-3-7-13(8-4-11)19(25)27-15(17(21)22)16(18(23)24)28-20(26)14-9-5-12(2)6-10-14/h4-11,16-17,24H,12-15,18H2,1-3H3;3-10,15-16H,1-2H3,(H,21,22)(H,23,24)/t24-;15-,16-/m00/s1. The molecule has 2 aliphatic rings. The molecule has 0 aliphatic carbocycles. The summed E-state index contributed by atoms with van der Waals surface area (Å²) in [5.41, 5.74) is 2.26. The lowest BCUT2D eigenvalue weighted by Crippen LogP contribution is -2.55. The zero-order chi connectivity index (χ0) is 50.9. The molecule has 0 bridgehead atoms. The number of aliphatic imine (C=N–C) groups is 1. The van der Waals surface area contributed by atoms with Crippen molar-refractivity contribution < 1.29 is 75.4 Å². The predicted octanol–water partition coefficient (Wildman–Crippen LogP) is 8.02. The van der Waals surface area contributed by atoms with Gasteiger partial charge in [-0.3, -0.25) is 4.79 Å². The van der Waals surface area contributed by atoms with Gasteiger partial charge in [-0.05, 0) is 74.5 Å². The largest absolute Gasteiger partial charge is 0.497 e. The molecule has 1 saturated heterocycles. The van der Waals surface area contributed by atoms with Crippen LogP contribution in [0.15, 0.2) is 114 Å². The van der Waals surface area contributed by atoms with E-state index in [1.54, 1.807) is 51.3 Å². The second kappa shape index (κ2) is 22.3. The number of carboxylic acid groups (broad SMARTS) is 2. The second-order valence-electron chi connectivity index (χ2n) is 15.9. The van der Waals surface area contributed by atoms with Gasteiger partial charge < -0.3 is 48.6 Å². The smallest absolute Gasteiger partial charge is 0.416 e. The maximum absolute atomic E-state index is 15.2. The van der Waals surface area contributed by atoms with Crippen LogP contribution in [0.25, 0.3) is 0 Å². The zero-order valence-electron chi connectivity index (χ0n) is 38.4. The summed E-state index contributed by atoms with van der Waals surface area (Å²) < 4.78 is 82.3. The van der Waals surface area contributed by atoms with Crippen LogP contribution in [0.4, 0.5) is 34.6 Å². The van der Waals surface area contributed by atoms with Gasteiger partial charge in [-0.2, -0.15) is 13.2 Å². The van der Waals surface area contributed by atoms with Gasteiger partial charge in [0.05, 0.1) is 56.2 Å². The van der Waals surface area contributed by atoms with Gasteiger partial charge in [0, 0.05) is 43.5 Å². The minimum Gasteiger partial charge on any atom is -0.497 e. The number of aliphatic carboxylic acids is 2. The quantitative estimate of drug-likeness (QED) is 0.0654. The Kier molecular flexibility index (Phi) is 16.3. The molecule has 0 radical (unpaired) electrons. The fraction of sp³-hybridized carbons (Fsp3) is 0.280. The van der Waals surface area contributed by atoms with Gasteiger partial charge >= 0.3 is 36.0 Å². The molecule has 368 valence electrons. The average Bonchev–Trinajstić information content (AvgIpc) is 3.35. The van der Waals surface area contributed by atoms with Crippen LogP contribution in [0, 0.1) is 19.7 Å². The van der Waals surface area contributed by atoms with Gasteiger partial charge in [0.2, 0.25) is 18.2 Å². The first-order valence-electron chi connectivity index (χ1n) is 21.5. The highest BCUT2D eigenvalue weighted by Gasteiger charge is 2.42. The highest BCUT2D eigenvalue weighted by atomic mass is 19.4. The first-order chi connectivity index (χ1) is 33.3. The number of nitrogens with zero attached hydrogens (tertiary/aromatic N) is 4. The highest BCUT2D eigenvalue weighted by molar-refractivity contribution is 6.02. The number of halogens is 4. The van der Waals surface area contributed by atoms with E-state index in [4.69, 9.17) is 23.7 Å². The van der Waals surface area contributed by atoms with Crippen molar-refractivity contribution in [3.05, 3.63) is 148 Å². The minimum atomic E-state index is -4.64. The van der Waals surface area contributed by atoms with Crippen LogP contribution in [-0.4, -0.2) is 111 Å². The number of fused-ring (bicyclic) bond motifs is 1. The van der Waals surface area contributed by atoms with E-state index in [1.165, 1.54) is 61.6 Å². The molecule has 5 aromatic rings. The Morgan fingerprint density at radius 2 is 1.24 bits per heavy atom. The lowest BCUT2D eigenvalue weighted by atomic mass is 9.96. The molecular formula is C50H48F4N4O12. The lowest BCUT2D eigenvalue weighted by molar-refractivity contribution is -0.166. The number of carbonyl (C=O) groups excluding carboxylic acids is 3. The van der Waals surface area contributed by atoms with Crippen molar-refractivity contribution in [2.45, 2.75) is 44.7 Å². The number of carbonyl (C=O) groups is 5. The number of hydrogen-bond donors (Lipinski definition) is 2. The summed E-state index contributed by atoms with van der Waals surface area (Å²) in [6.45, 7) is 5.52. The predicted molar refractivity (Wildman–Crippen MR) is 246 cm³/mol. The number of anilines is 2. The van der Waals surface area contributed by atoms with E-state index in [2.05, 4.69) is 9.89 Å². The number of guanidine groups is 1. The van der Waals surface area contributed by atoms with Crippen LogP contribution in [0.5, 0.6) is 11.5 Å². The van der Waals surface area contributed by atoms with Crippen LogP contribution < -0.4 is 19.3 Å². The van der Waals surface area contributed by atoms with Crippen LogP contribution in [0.3, 0.4) is 0 Å². The highest BCUT2D eigenvalue weighted by Crippen LogP contribution is 2.46. The second-order valence-corrected chi connectivity index (χ2v) is 15.9. The fourth-order valence-corrected chi connectivity index (χ4v) is 7.55. The van der Waals surface area contributed by atoms with E-state index in [0.717, 1.165) is 28.9 Å². The molecule has 0 unspecified atom stereocenters. The SMILES string of the molecule is COC(=O)C[C@H]1c2cccc(F)c2N=C(N2CCN(c3cccc(OC)c3)CC2)N1c1cc(C(F)(F)F)ccc1OC.Cc1ccc(C(=O)O[C@H](C(=O)O)[C@H](OC(=O)c2ccc(C)cc2)C(=O)O)cc1. The van der Waals surface area contributed by atoms with Crippen molar-refractivity contribution in [1.82, 2.24) is 4.90 Å². The summed E-state index contributed by atoms with van der Waals surface area (Å²) in [6, 6.07) is 26.3. The zero-order valence-corrected chi connectivity index (χ0v) is 38.4. The van der Waals surface area contributed by atoms with E-state index in [9.17, 15) is 47.4 Å².